The van der Waals surface area contributed by atoms with Crippen LogP contribution in [0.25, 0.3) is 6.08 Å². The van der Waals surface area contributed by atoms with Gasteiger partial charge < -0.3 is 14.7 Å². The molecule has 0 aliphatic rings. The van der Waals surface area contributed by atoms with E-state index in [-0.39, 0.29) is 19.0 Å². The highest BCUT2D eigenvalue weighted by atomic mass is 16.9. The molecule has 0 saturated carbocycles. The number of rotatable bonds is 9. The first-order valence-electron chi connectivity index (χ1n) is 6.49. The number of unbranched alkanes of at least 4 members (excludes halogenated alkanes) is 2. The summed E-state index contributed by atoms with van der Waals surface area (Å²) in [6.07, 6.45) is 4.75. The largest absolute Gasteiger partial charge is 0.508 e. The molecule has 114 valence electrons. The molecule has 0 saturated heterocycles. The summed E-state index contributed by atoms with van der Waals surface area (Å²) in [5, 5.41) is 18.2. The van der Waals surface area contributed by atoms with Crippen molar-refractivity contribution in [3.63, 3.8) is 0 Å². The minimum Gasteiger partial charge on any atom is -0.508 e. The molecule has 7 nitrogen and oxygen atoms in total. The molecule has 0 amide bonds. The first-order valence-corrected chi connectivity index (χ1v) is 6.49. The fourth-order valence-electron chi connectivity index (χ4n) is 1.49. The van der Waals surface area contributed by atoms with E-state index in [2.05, 4.69) is 4.84 Å². The van der Waals surface area contributed by atoms with Gasteiger partial charge in [-0.15, -0.1) is 10.1 Å². The Morgan fingerprint density at radius 3 is 2.52 bits per heavy atom. The molecule has 0 aliphatic carbocycles. The summed E-state index contributed by atoms with van der Waals surface area (Å²) < 4.78 is 4.97. The Morgan fingerprint density at radius 1 is 1.19 bits per heavy atom. The second kappa shape index (κ2) is 9.35. The number of phenols is 1. The monoisotopic (exact) mass is 295 g/mol. The van der Waals surface area contributed by atoms with Crippen molar-refractivity contribution in [3.05, 3.63) is 46.0 Å². The zero-order chi connectivity index (χ0) is 15.5. The van der Waals surface area contributed by atoms with Gasteiger partial charge in [0.05, 0.1) is 13.2 Å². The summed E-state index contributed by atoms with van der Waals surface area (Å²) in [4.78, 5) is 25.4. The number of aromatic hydroxyl groups is 1. The molecule has 21 heavy (non-hydrogen) atoms. The maximum atomic E-state index is 11.4. The zero-order valence-corrected chi connectivity index (χ0v) is 11.4. The van der Waals surface area contributed by atoms with Crippen LogP contribution in [0, 0.1) is 10.1 Å². The quantitative estimate of drug-likeness (QED) is 0.247. The molecule has 1 aromatic carbocycles. The van der Waals surface area contributed by atoms with E-state index < -0.39 is 11.1 Å². The maximum Gasteiger partial charge on any atom is 0.330 e. The lowest BCUT2D eigenvalue weighted by Gasteiger charge is -2.02. The van der Waals surface area contributed by atoms with E-state index in [0.717, 1.165) is 5.56 Å². The SMILES string of the molecule is O=C(/C=C/c1ccc(O)cc1)OCCCCCO[N+](=O)[O-]. The second-order valence-electron chi connectivity index (χ2n) is 4.21. The van der Waals surface area contributed by atoms with Crippen molar-refractivity contribution in [1.29, 1.82) is 0 Å². The molecule has 1 rings (SSSR count). The number of carbonyl (C=O) groups excluding carboxylic acids is 1. The van der Waals surface area contributed by atoms with E-state index in [1.165, 1.54) is 18.2 Å². The zero-order valence-electron chi connectivity index (χ0n) is 11.4. The number of esters is 1. The number of phenolic OH excluding ortho intramolecular Hbond substituents is 1. The first kappa shape index (κ1) is 16.5. The lowest BCUT2D eigenvalue weighted by molar-refractivity contribution is -0.757. The number of carbonyl (C=O) groups is 1. The molecular weight excluding hydrogens is 278 g/mol. The molecule has 0 bridgehead atoms. The fraction of sp³-hybridized carbons (Fsp3) is 0.357. The van der Waals surface area contributed by atoms with Gasteiger partial charge in [0.2, 0.25) is 0 Å². The Balaban J connectivity index is 2.11. The number of hydrogen-bond acceptors (Lipinski definition) is 6. The van der Waals surface area contributed by atoms with Gasteiger partial charge in [0.1, 0.15) is 5.75 Å². The third-order valence-electron chi connectivity index (χ3n) is 2.53. The van der Waals surface area contributed by atoms with Gasteiger partial charge in [-0.3, -0.25) is 0 Å². The normalized spacial score (nSPS) is 10.5. The van der Waals surface area contributed by atoms with Gasteiger partial charge in [-0.2, -0.15) is 0 Å². The molecule has 1 N–H and O–H groups in total. The van der Waals surface area contributed by atoms with Crippen molar-refractivity contribution >= 4 is 12.0 Å². The van der Waals surface area contributed by atoms with Crippen LogP contribution in [0.5, 0.6) is 5.75 Å². The standard InChI is InChI=1S/C14H17NO6/c16-13-7-4-12(5-8-13)6-9-14(17)20-10-2-1-3-11-21-15(18)19/h4-9,16H,1-3,10-11H2/b9-6+. The van der Waals surface area contributed by atoms with Crippen LogP contribution in [0.3, 0.4) is 0 Å². The van der Waals surface area contributed by atoms with Crippen molar-refractivity contribution < 1.29 is 24.6 Å². The molecule has 1 aromatic rings. The Bertz CT molecular complexity index is 483. The molecule has 7 heteroatoms. The van der Waals surface area contributed by atoms with Crippen LogP contribution in [0.1, 0.15) is 24.8 Å². The number of nitrogens with zero attached hydrogens (tertiary/aromatic N) is 1. The Kier molecular flexibility index (Phi) is 7.34. The average molecular weight is 295 g/mol. The van der Waals surface area contributed by atoms with Crippen LogP contribution in [-0.2, 0) is 14.4 Å². The number of benzene rings is 1. The summed E-state index contributed by atoms with van der Waals surface area (Å²) in [6, 6.07) is 6.40. The minimum atomic E-state index is -0.825. The van der Waals surface area contributed by atoms with E-state index in [0.29, 0.717) is 19.3 Å². The summed E-state index contributed by atoms with van der Waals surface area (Å²) in [5.74, 6) is -0.291. The Labute approximate surface area is 121 Å². The van der Waals surface area contributed by atoms with Crippen molar-refractivity contribution in [1.82, 2.24) is 0 Å². The minimum absolute atomic E-state index is 0.0572. The van der Waals surface area contributed by atoms with E-state index >= 15 is 0 Å². The van der Waals surface area contributed by atoms with Crippen LogP contribution < -0.4 is 0 Å². The number of ether oxygens (including phenoxy) is 1. The van der Waals surface area contributed by atoms with Gasteiger partial charge in [0.25, 0.3) is 5.09 Å². The molecule has 0 atom stereocenters. The van der Waals surface area contributed by atoms with E-state index in [1.807, 2.05) is 0 Å². The molecule has 0 heterocycles. The fourth-order valence-corrected chi connectivity index (χ4v) is 1.49. The summed E-state index contributed by atoms with van der Waals surface area (Å²) in [5.41, 5.74) is 0.779. The molecule has 0 unspecified atom stereocenters. The van der Waals surface area contributed by atoms with Crippen LogP contribution in [-0.4, -0.2) is 29.4 Å². The lowest BCUT2D eigenvalue weighted by Crippen LogP contribution is -2.04. The van der Waals surface area contributed by atoms with Gasteiger partial charge >= 0.3 is 5.97 Å². The van der Waals surface area contributed by atoms with Crippen LogP contribution in [0.15, 0.2) is 30.3 Å². The van der Waals surface area contributed by atoms with Gasteiger partial charge in [-0.25, -0.2) is 4.79 Å². The topological polar surface area (TPSA) is 98.9 Å². The molecular formula is C14H17NO6. The predicted octanol–water partition coefficient (Wildman–Crippen LogP) is 2.33. The third kappa shape index (κ3) is 8.25. The highest BCUT2D eigenvalue weighted by Gasteiger charge is 1.98. The van der Waals surface area contributed by atoms with Gasteiger partial charge in [-0.1, -0.05) is 12.1 Å². The summed E-state index contributed by atoms with van der Waals surface area (Å²) in [6.45, 7) is 0.318. The highest BCUT2D eigenvalue weighted by molar-refractivity contribution is 5.87. The van der Waals surface area contributed by atoms with E-state index in [9.17, 15) is 14.9 Å². The van der Waals surface area contributed by atoms with Crippen LogP contribution in [0.2, 0.25) is 0 Å². The average Bonchev–Trinajstić information content (AvgIpc) is 2.45. The maximum absolute atomic E-state index is 11.4. The van der Waals surface area contributed by atoms with Gasteiger partial charge in [-0.05, 0) is 43.0 Å². The van der Waals surface area contributed by atoms with Gasteiger partial charge in [0.15, 0.2) is 0 Å². The van der Waals surface area contributed by atoms with Crippen molar-refractivity contribution in [2.75, 3.05) is 13.2 Å². The van der Waals surface area contributed by atoms with Crippen LogP contribution in [0.4, 0.5) is 0 Å². The second-order valence-corrected chi connectivity index (χ2v) is 4.21. The van der Waals surface area contributed by atoms with Crippen LogP contribution >= 0.6 is 0 Å². The molecule has 0 aliphatic heterocycles. The van der Waals surface area contributed by atoms with Crippen molar-refractivity contribution in [2.24, 2.45) is 0 Å². The summed E-state index contributed by atoms with van der Waals surface area (Å²) >= 11 is 0. The highest BCUT2D eigenvalue weighted by Crippen LogP contribution is 2.10. The van der Waals surface area contributed by atoms with Crippen molar-refractivity contribution in [2.45, 2.75) is 19.3 Å². The molecule has 0 spiro atoms. The van der Waals surface area contributed by atoms with E-state index in [4.69, 9.17) is 9.84 Å². The Hall–Kier alpha value is -2.57. The van der Waals surface area contributed by atoms with Crippen molar-refractivity contribution in [3.8, 4) is 5.75 Å². The smallest absolute Gasteiger partial charge is 0.330 e. The number of hydrogen-bond donors (Lipinski definition) is 1. The third-order valence-corrected chi connectivity index (χ3v) is 2.53. The molecule has 0 fully saturated rings. The first-order chi connectivity index (χ1) is 10.1. The lowest BCUT2D eigenvalue weighted by atomic mass is 10.2. The van der Waals surface area contributed by atoms with E-state index in [1.54, 1.807) is 18.2 Å². The predicted molar refractivity (Wildman–Crippen MR) is 74.9 cm³/mol. The van der Waals surface area contributed by atoms with Gasteiger partial charge in [0, 0.05) is 6.08 Å². The summed E-state index contributed by atoms with van der Waals surface area (Å²) in [7, 11) is 0. The molecule has 0 radical (unpaired) electrons. The Morgan fingerprint density at radius 2 is 1.86 bits per heavy atom. The molecule has 0 aromatic heterocycles.